The molecule has 0 bridgehead atoms. The van der Waals surface area contributed by atoms with Crippen molar-refractivity contribution in [3.8, 4) is 22.8 Å². The van der Waals surface area contributed by atoms with Gasteiger partial charge in [-0.3, -0.25) is 9.36 Å². The normalized spacial score (nSPS) is 10.8. The highest BCUT2D eigenvalue weighted by Crippen LogP contribution is 2.29. The van der Waals surface area contributed by atoms with E-state index in [2.05, 4.69) is 15.5 Å². The van der Waals surface area contributed by atoms with Crippen molar-refractivity contribution in [1.29, 1.82) is 0 Å². The topological polar surface area (TPSA) is 69.0 Å². The zero-order valence-electron chi connectivity index (χ0n) is 18.5. The van der Waals surface area contributed by atoms with Gasteiger partial charge in [0, 0.05) is 22.0 Å². The lowest BCUT2D eigenvalue weighted by Gasteiger charge is -2.12. The number of ether oxygens (including phenoxy) is 1. The van der Waals surface area contributed by atoms with Gasteiger partial charge in [0.25, 0.3) is 0 Å². The Kier molecular flexibility index (Phi) is 7.01. The van der Waals surface area contributed by atoms with Gasteiger partial charge in [-0.15, -0.1) is 10.2 Å². The first-order chi connectivity index (χ1) is 15.9. The molecule has 0 atom stereocenters. The van der Waals surface area contributed by atoms with Crippen molar-refractivity contribution in [3.63, 3.8) is 0 Å². The van der Waals surface area contributed by atoms with E-state index >= 15 is 0 Å². The number of nitrogens with zero attached hydrogens (tertiary/aromatic N) is 3. The number of anilines is 1. The molecule has 0 radical (unpaired) electrons. The first-order valence-electron chi connectivity index (χ1n) is 10.3. The number of rotatable bonds is 7. The highest BCUT2D eigenvalue weighted by molar-refractivity contribution is 7.99. The molecule has 1 heterocycles. The second-order valence-corrected chi connectivity index (χ2v) is 8.88. The van der Waals surface area contributed by atoms with Gasteiger partial charge in [0.2, 0.25) is 5.91 Å². The van der Waals surface area contributed by atoms with Crippen LogP contribution in [0.5, 0.6) is 5.75 Å². The lowest BCUT2D eigenvalue weighted by atomic mass is 10.1. The van der Waals surface area contributed by atoms with Crippen LogP contribution in [0, 0.1) is 13.8 Å². The molecule has 8 heteroatoms. The second-order valence-electron chi connectivity index (χ2n) is 7.50. The molecule has 0 saturated carbocycles. The fourth-order valence-corrected chi connectivity index (χ4v) is 4.19. The third-order valence-corrected chi connectivity index (χ3v) is 6.24. The van der Waals surface area contributed by atoms with Crippen molar-refractivity contribution >= 4 is 35.0 Å². The molecule has 4 aromatic rings. The van der Waals surface area contributed by atoms with Gasteiger partial charge in [0.15, 0.2) is 11.0 Å². The fraction of sp³-hybridized carbons (Fsp3) is 0.160. The standard InChI is InChI=1S/C25H23ClN4O2S/c1-16-4-7-18(8-5-16)24-28-29-25(30(24)20-10-12-21(32-3)13-11-20)33-15-23(31)27-22-14-19(26)9-6-17(22)2/h4-14H,15H2,1-3H3,(H,27,31). The van der Waals surface area contributed by atoms with Gasteiger partial charge in [-0.2, -0.15) is 0 Å². The Morgan fingerprint density at radius 3 is 2.45 bits per heavy atom. The van der Waals surface area contributed by atoms with Crippen LogP contribution in [-0.2, 0) is 4.79 Å². The van der Waals surface area contributed by atoms with Crippen molar-refractivity contribution in [2.24, 2.45) is 0 Å². The minimum absolute atomic E-state index is 0.147. The minimum atomic E-state index is -0.147. The Hall–Kier alpha value is -3.29. The number of thioether (sulfide) groups is 1. The molecule has 0 spiro atoms. The molecule has 1 N–H and O–H groups in total. The van der Waals surface area contributed by atoms with Crippen molar-refractivity contribution in [2.75, 3.05) is 18.2 Å². The van der Waals surface area contributed by atoms with Crippen LogP contribution < -0.4 is 10.1 Å². The highest BCUT2D eigenvalue weighted by atomic mass is 35.5. The zero-order chi connectivity index (χ0) is 23.4. The molecule has 1 amide bonds. The van der Waals surface area contributed by atoms with Crippen LogP contribution in [0.3, 0.4) is 0 Å². The van der Waals surface area contributed by atoms with E-state index in [-0.39, 0.29) is 11.7 Å². The Bertz CT molecular complexity index is 1270. The van der Waals surface area contributed by atoms with Gasteiger partial charge in [-0.1, -0.05) is 59.3 Å². The Morgan fingerprint density at radius 2 is 1.76 bits per heavy atom. The van der Waals surface area contributed by atoms with Crippen LogP contribution in [0.2, 0.25) is 5.02 Å². The Morgan fingerprint density at radius 1 is 1.03 bits per heavy atom. The average molecular weight is 479 g/mol. The van der Waals surface area contributed by atoms with E-state index in [4.69, 9.17) is 16.3 Å². The van der Waals surface area contributed by atoms with E-state index in [1.54, 1.807) is 19.2 Å². The zero-order valence-corrected chi connectivity index (χ0v) is 20.1. The summed E-state index contributed by atoms with van der Waals surface area (Å²) < 4.78 is 7.24. The summed E-state index contributed by atoms with van der Waals surface area (Å²) >= 11 is 7.39. The molecule has 0 unspecified atom stereocenters. The number of aryl methyl sites for hydroxylation is 2. The summed E-state index contributed by atoms with van der Waals surface area (Å²) in [6.07, 6.45) is 0. The van der Waals surface area contributed by atoms with Crippen LogP contribution in [0.25, 0.3) is 17.1 Å². The number of hydrogen-bond acceptors (Lipinski definition) is 5. The summed E-state index contributed by atoms with van der Waals surface area (Å²) in [6.45, 7) is 3.97. The van der Waals surface area contributed by atoms with Gasteiger partial charge >= 0.3 is 0 Å². The van der Waals surface area contributed by atoms with Gasteiger partial charge in [0.05, 0.1) is 12.9 Å². The average Bonchev–Trinajstić information content (AvgIpc) is 3.24. The Balaban J connectivity index is 1.61. The maximum Gasteiger partial charge on any atom is 0.234 e. The summed E-state index contributed by atoms with van der Waals surface area (Å²) in [7, 11) is 1.63. The molecular formula is C25H23ClN4O2S. The summed E-state index contributed by atoms with van der Waals surface area (Å²) in [4.78, 5) is 12.6. The number of carbonyl (C=O) groups excluding carboxylic acids is 1. The van der Waals surface area contributed by atoms with E-state index in [9.17, 15) is 4.79 Å². The van der Waals surface area contributed by atoms with Crippen LogP contribution in [0.15, 0.2) is 71.9 Å². The van der Waals surface area contributed by atoms with Crippen molar-refractivity contribution in [2.45, 2.75) is 19.0 Å². The molecule has 0 aliphatic rings. The van der Waals surface area contributed by atoms with E-state index < -0.39 is 0 Å². The van der Waals surface area contributed by atoms with Gasteiger partial charge in [-0.05, 0) is 55.8 Å². The fourth-order valence-electron chi connectivity index (χ4n) is 3.26. The van der Waals surface area contributed by atoms with E-state index in [0.29, 0.717) is 21.7 Å². The third-order valence-electron chi connectivity index (χ3n) is 5.08. The number of nitrogens with one attached hydrogen (secondary N) is 1. The molecule has 3 aromatic carbocycles. The van der Waals surface area contributed by atoms with Crippen LogP contribution in [0.1, 0.15) is 11.1 Å². The summed E-state index contributed by atoms with van der Waals surface area (Å²) in [6, 6.07) is 21.2. The lowest BCUT2D eigenvalue weighted by Crippen LogP contribution is -2.15. The summed E-state index contributed by atoms with van der Waals surface area (Å²) in [5.74, 6) is 1.49. The summed E-state index contributed by atoms with van der Waals surface area (Å²) in [5.41, 5.74) is 4.63. The number of methoxy groups -OCH3 is 1. The first kappa shape index (κ1) is 22.9. The first-order valence-corrected chi connectivity index (χ1v) is 11.7. The lowest BCUT2D eigenvalue weighted by molar-refractivity contribution is -0.113. The SMILES string of the molecule is COc1ccc(-n2c(SCC(=O)Nc3cc(Cl)ccc3C)nnc2-c2ccc(C)cc2)cc1. The van der Waals surface area contributed by atoms with Crippen LogP contribution in [0.4, 0.5) is 5.69 Å². The molecule has 1 aromatic heterocycles. The highest BCUT2D eigenvalue weighted by Gasteiger charge is 2.18. The van der Waals surface area contributed by atoms with E-state index in [1.807, 2.05) is 73.0 Å². The van der Waals surface area contributed by atoms with Gasteiger partial charge in [-0.25, -0.2) is 0 Å². The van der Waals surface area contributed by atoms with Crippen LogP contribution in [-0.4, -0.2) is 33.5 Å². The maximum absolute atomic E-state index is 12.6. The maximum atomic E-state index is 12.6. The third kappa shape index (κ3) is 5.38. The van der Waals surface area contributed by atoms with Crippen LogP contribution >= 0.6 is 23.4 Å². The van der Waals surface area contributed by atoms with E-state index in [1.165, 1.54) is 11.8 Å². The molecular weight excluding hydrogens is 456 g/mol. The predicted octanol–water partition coefficient (Wildman–Crippen LogP) is 5.94. The van der Waals surface area contributed by atoms with Crippen molar-refractivity contribution in [1.82, 2.24) is 14.8 Å². The molecule has 168 valence electrons. The number of benzene rings is 3. The molecule has 6 nitrogen and oxygen atoms in total. The predicted molar refractivity (Wildman–Crippen MR) is 134 cm³/mol. The van der Waals surface area contributed by atoms with Gasteiger partial charge < -0.3 is 10.1 Å². The smallest absolute Gasteiger partial charge is 0.234 e. The van der Waals surface area contributed by atoms with E-state index in [0.717, 1.165) is 28.1 Å². The quantitative estimate of drug-likeness (QED) is 0.333. The molecule has 0 aliphatic carbocycles. The van der Waals surface area contributed by atoms with Crippen molar-refractivity contribution in [3.05, 3.63) is 82.9 Å². The minimum Gasteiger partial charge on any atom is -0.497 e. The number of aromatic nitrogens is 3. The second kappa shape index (κ2) is 10.1. The molecule has 0 aliphatic heterocycles. The van der Waals surface area contributed by atoms with Gasteiger partial charge in [0.1, 0.15) is 5.75 Å². The number of halogens is 1. The molecule has 4 rings (SSSR count). The Labute approximate surface area is 202 Å². The van der Waals surface area contributed by atoms with Crippen molar-refractivity contribution < 1.29 is 9.53 Å². The number of hydrogen-bond donors (Lipinski definition) is 1. The molecule has 0 saturated heterocycles. The number of carbonyl (C=O) groups is 1. The molecule has 33 heavy (non-hydrogen) atoms. The summed E-state index contributed by atoms with van der Waals surface area (Å²) in [5, 5.41) is 12.9. The monoisotopic (exact) mass is 478 g/mol. The number of amides is 1. The molecule has 0 fully saturated rings. The largest absolute Gasteiger partial charge is 0.497 e.